The first kappa shape index (κ1) is 18.3. The van der Waals surface area contributed by atoms with Crippen molar-refractivity contribution in [3.63, 3.8) is 0 Å². The van der Waals surface area contributed by atoms with Gasteiger partial charge in [0.25, 0.3) is 0 Å². The lowest BCUT2D eigenvalue weighted by Gasteiger charge is -2.28. The van der Waals surface area contributed by atoms with Crippen LogP contribution in [0.25, 0.3) is 11.8 Å². The van der Waals surface area contributed by atoms with Gasteiger partial charge in [-0.15, -0.1) is 0 Å². The largest absolute Gasteiger partial charge is 0.428 e. The van der Waals surface area contributed by atoms with Gasteiger partial charge in [0.05, 0.1) is 38.6 Å². The van der Waals surface area contributed by atoms with E-state index in [9.17, 15) is 4.79 Å². The fourth-order valence-electron chi connectivity index (χ4n) is 2.38. The van der Waals surface area contributed by atoms with E-state index in [0.29, 0.717) is 15.8 Å². The molecule has 0 bridgehead atoms. The van der Waals surface area contributed by atoms with Crippen LogP contribution in [-0.2, 0) is 4.74 Å². The van der Waals surface area contributed by atoms with Crippen molar-refractivity contribution in [2.45, 2.75) is 13.8 Å². The number of anilines is 1. The Morgan fingerprint density at radius 3 is 2.54 bits per heavy atom. The molecule has 124 valence electrons. The molecule has 0 saturated heterocycles. The first-order valence-corrected chi connectivity index (χ1v) is 9.74. The van der Waals surface area contributed by atoms with Crippen molar-refractivity contribution in [2.75, 3.05) is 3.11 Å². The van der Waals surface area contributed by atoms with Crippen molar-refractivity contribution < 1.29 is 9.53 Å². The number of ether oxygens (including phenoxy) is 1. The van der Waals surface area contributed by atoms with Crippen molar-refractivity contribution >= 4 is 92.3 Å². The minimum Gasteiger partial charge on any atom is -0.409 e. The molecule has 0 aliphatic carbocycles. The number of carbonyl (C=O) groups is 1. The van der Waals surface area contributed by atoms with Crippen LogP contribution in [0, 0.1) is 17.4 Å². The molecule has 3 rings (SSSR count). The van der Waals surface area contributed by atoms with E-state index in [-0.39, 0.29) is 0 Å². The lowest BCUT2D eigenvalue weighted by atomic mass is 10.0. The van der Waals surface area contributed by atoms with Gasteiger partial charge in [0.1, 0.15) is 5.76 Å². The van der Waals surface area contributed by atoms with Crippen molar-refractivity contribution in [1.29, 1.82) is 0 Å². The standard InChI is InChI=1S/C17H11Cl2I2NO2/c1-8-5-11-14(7-10-3-4-12(18)13(19)6-10)24-17(23)22(21)16(11)15(20)9(8)2/h3-7H,1-2H3/b14-7-. The maximum atomic E-state index is 12.2. The molecule has 2 aromatic carbocycles. The van der Waals surface area contributed by atoms with Crippen molar-refractivity contribution in [3.8, 4) is 0 Å². The van der Waals surface area contributed by atoms with E-state index in [1.807, 2.05) is 48.8 Å². The Morgan fingerprint density at radius 2 is 1.88 bits per heavy atom. The Hall–Kier alpha value is -0.510. The third-order valence-electron chi connectivity index (χ3n) is 3.81. The summed E-state index contributed by atoms with van der Waals surface area (Å²) >= 11 is 16.3. The maximum absolute atomic E-state index is 12.2. The number of nitrogens with zero attached hydrogens (tertiary/aromatic N) is 1. The first-order valence-electron chi connectivity index (χ1n) is 6.94. The summed E-state index contributed by atoms with van der Waals surface area (Å²) in [5.41, 5.74) is 4.83. The number of benzene rings is 2. The van der Waals surface area contributed by atoms with Crippen LogP contribution in [-0.4, -0.2) is 6.09 Å². The van der Waals surface area contributed by atoms with Gasteiger partial charge in [0.2, 0.25) is 0 Å². The summed E-state index contributed by atoms with van der Waals surface area (Å²) in [6.07, 6.45) is 1.38. The van der Waals surface area contributed by atoms with Crippen LogP contribution in [0.4, 0.5) is 10.5 Å². The number of hydrogen-bond donors (Lipinski definition) is 0. The van der Waals surface area contributed by atoms with Gasteiger partial charge in [-0.3, -0.25) is 0 Å². The van der Waals surface area contributed by atoms with Crippen LogP contribution in [0.2, 0.25) is 10.0 Å². The van der Waals surface area contributed by atoms with Gasteiger partial charge in [0.15, 0.2) is 0 Å². The van der Waals surface area contributed by atoms with Crippen LogP contribution in [0.1, 0.15) is 22.3 Å². The lowest BCUT2D eigenvalue weighted by molar-refractivity contribution is 0.203. The fourth-order valence-corrected chi connectivity index (χ4v) is 4.71. The number of hydrogen-bond acceptors (Lipinski definition) is 2. The summed E-state index contributed by atoms with van der Waals surface area (Å²) in [5, 5.41) is 0.942. The molecule has 2 aromatic rings. The predicted molar refractivity (Wildman–Crippen MR) is 116 cm³/mol. The molecule has 1 aliphatic heterocycles. The molecule has 1 amide bonds. The molecule has 1 aliphatic rings. The van der Waals surface area contributed by atoms with E-state index in [1.165, 1.54) is 3.11 Å². The van der Waals surface area contributed by atoms with Crippen molar-refractivity contribution in [2.24, 2.45) is 0 Å². The van der Waals surface area contributed by atoms with Crippen LogP contribution in [0.3, 0.4) is 0 Å². The van der Waals surface area contributed by atoms with Crippen LogP contribution in [0.5, 0.6) is 0 Å². The number of amides is 1. The summed E-state index contributed by atoms with van der Waals surface area (Å²) < 4.78 is 8.05. The van der Waals surface area contributed by atoms with Gasteiger partial charge in [-0.05, 0) is 77.4 Å². The second kappa shape index (κ2) is 7.01. The summed E-state index contributed by atoms with van der Waals surface area (Å²) in [6, 6.07) is 7.33. The molecule has 0 N–H and O–H groups in total. The van der Waals surface area contributed by atoms with E-state index in [4.69, 9.17) is 27.9 Å². The Labute approximate surface area is 177 Å². The Balaban J connectivity index is 2.21. The summed E-state index contributed by atoms with van der Waals surface area (Å²) in [4.78, 5) is 12.2. The molecule has 0 spiro atoms. The zero-order valence-electron chi connectivity index (χ0n) is 12.7. The zero-order valence-corrected chi connectivity index (χ0v) is 18.5. The van der Waals surface area contributed by atoms with Crippen molar-refractivity contribution in [1.82, 2.24) is 0 Å². The monoisotopic (exact) mass is 585 g/mol. The molecule has 1 heterocycles. The highest BCUT2D eigenvalue weighted by molar-refractivity contribution is 14.1. The minimum atomic E-state index is -0.421. The molecule has 7 heteroatoms. The molecule has 0 aromatic heterocycles. The van der Waals surface area contributed by atoms with E-state index >= 15 is 0 Å². The van der Waals surface area contributed by atoms with Gasteiger partial charge >= 0.3 is 6.09 Å². The van der Waals surface area contributed by atoms with E-state index in [0.717, 1.165) is 31.5 Å². The first-order chi connectivity index (χ1) is 11.3. The molecule has 24 heavy (non-hydrogen) atoms. The lowest BCUT2D eigenvalue weighted by Crippen LogP contribution is -2.27. The average Bonchev–Trinajstić information content (AvgIpc) is 2.53. The van der Waals surface area contributed by atoms with Gasteiger partial charge < -0.3 is 4.74 Å². The van der Waals surface area contributed by atoms with Gasteiger partial charge in [0, 0.05) is 9.13 Å². The third-order valence-corrected chi connectivity index (χ3v) is 6.74. The smallest absolute Gasteiger partial charge is 0.409 e. The number of carbonyl (C=O) groups excluding carboxylic acids is 1. The number of rotatable bonds is 1. The average molecular weight is 586 g/mol. The molecule has 0 unspecified atom stereocenters. The molecular weight excluding hydrogens is 575 g/mol. The highest BCUT2D eigenvalue weighted by Gasteiger charge is 2.31. The SMILES string of the molecule is Cc1cc2c(c(I)c1C)N(I)C(=O)O/C2=C\c1ccc(Cl)c(Cl)c1. The molecule has 0 saturated carbocycles. The van der Waals surface area contributed by atoms with Crippen LogP contribution >= 0.6 is 68.7 Å². The Kier molecular flexibility index (Phi) is 5.34. The third kappa shape index (κ3) is 3.27. The Bertz CT molecular complexity index is 897. The quantitative estimate of drug-likeness (QED) is 0.266. The van der Waals surface area contributed by atoms with Gasteiger partial charge in [-0.25, -0.2) is 7.91 Å². The second-order valence-corrected chi connectivity index (χ2v) is 8.22. The maximum Gasteiger partial charge on any atom is 0.428 e. The fraction of sp³-hybridized carbons (Fsp3) is 0.118. The van der Waals surface area contributed by atoms with Gasteiger partial charge in [-0.1, -0.05) is 29.3 Å². The van der Waals surface area contributed by atoms with E-state index in [1.54, 1.807) is 18.2 Å². The number of aryl methyl sites for hydroxylation is 1. The molecule has 3 nitrogen and oxygen atoms in total. The molecule has 0 atom stereocenters. The van der Waals surface area contributed by atoms with Crippen LogP contribution < -0.4 is 3.11 Å². The predicted octanol–water partition coefficient (Wildman–Crippen LogP) is 7.02. The van der Waals surface area contributed by atoms with Crippen LogP contribution in [0.15, 0.2) is 24.3 Å². The number of fused-ring (bicyclic) bond motifs is 1. The topological polar surface area (TPSA) is 29.5 Å². The highest BCUT2D eigenvalue weighted by Crippen LogP contribution is 2.42. The summed E-state index contributed by atoms with van der Waals surface area (Å²) in [5.74, 6) is 0.502. The van der Waals surface area contributed by atoms with E-state index < -0.39 is 6.09 Å². The van der Waals surface area contributed by atoms with E-state index in [2.05, 4.69) is 22.6 Å². The zero-order chi connectivity index (χ0) is 17.6. The highest BCUT2D eigenvalue weighted by atomic mass is 127. The number of halogens is 4. The normalized spacial score (nSPS) is 15.5. The number of cyclic esters (lactones) is 1. The van der Waals surface area contributed by atoms with Crippen molar-refractivity contribution in [3.05, 3.63) is 60.1 Å². The molecule has 0 radical (unpaired) electrons. The summed E-state index contributed by atoms with van der Waals surface area (Å²) in [6.45, 7) is 4.09. The van der Waals surface area contributed by atoms with Gasteiger partial charge in [-0.2, -0.15) is 0 Å². The Morgan fingerprint density at radius 1 is 1.17 bits per heavy atom. The summed E-state index contributed by atoms with van der Waals surface area (Å²) in [7, 11) is 0. The molecular formula is C17H11Cl2I2NO2. The minimum absolute atomic E-state index is 0.421. The molecule has 0 fully saturated rings. The second-order valence-electron chi connectivity index (χ2n) is 5.36.